The SMILES string of the molecule is CNCC1CCc2c(O)cccc21. The van der Waals surface area contributed by atoms with Crippen LogP contribution in [-0.2, 0) is 6.42 Å². The molecule has 0 saturated heterocycles. The predicted molar refractivity (Wildman–Crippen MR) is 53.1 cm³/mol. The normalized spacial score (nSPS) is 20.2. The van der Waals surface area contributed by atoms with Crippen molar-refractivity contribution >= 4 is 0 Å². The Kier molecular flexibility index (Phi) is 2.23. The number of likely N-dealkylation sites (N-methyl/N-ethyl adjacent to an activating group) is 1. The third-order valence-corrected chi connectivity index (χ3v) is 2.82. The average molecular weight is 177 g/mol. The molecule has 0 radical (unpaired) electrons. The molecule has 0 saturated carbocycles. The maximum Gasteiger partial charge on any atom is 0.119 e. The van der Waals surface area contributed by atoms with Crippen molar-refractivity contribution in [3.8, 4) is 5.75 Å². The van der Waals surface area contributed by atoms with Gasteiger partial charge in [-0.05, 0) is 43.0 Å². The molecule has 2 heteroatoms. The Labute approximate surface area is 78.6 Å². The summed E-state index contributed by atoms with van der Waals surface area (Å²) in [5, 5.41) is 12.8. The van der Waals surface area contributed by atoms with Gasteiger partial charge in [0.05, 0.1) is 0 Å². The Morgan fingerprint density at radius 3 is 3.15 bits per heavy atom. The van der Waals surface area contributed by atoms with Crippen LogP contribution >= 0.6 is 0 Å². The van der Waals surface area contributed by atoms with E-state index in [1.165, 1.54) is 5.56 Å². The summed E-state index contributed by atoms with van der Waals surface area (Å²) in [6.45, 7) is 1.01. The molecule has 0 bridgehead atoms. The van der Waals surface area contributed by atoms with Crippen molar-refractivity contribution in [1.82, 2.24) is 5.32 Å². The maximum atomic E-state index is 9.60. The van der Waals surface area contributed by atoms with Gasteiger partial charge in [0.15, 0.2) is 0 Å². The van der Waals surface area contributed by atoms with E-state index in [4.69, 9.17) is 0 Å². The molecular weight excluding hydrogens is 162 g/mol. The van der Waals surface area contributed by atoms with E-state index in [1.807, 2.05) is 13.1 Å². The fraction of sp³-hybridized carbons (Fsp3) is 0.455. The summed E-state index contributed by atoms with van der Waals surface area (Å²) >= 11 is 0. The second-order valence-electron chi connectivity index (χ2n) is 3.64. The van der Waals surface area contributed by atoms with E-state index in [2.05, 4.69) is 11.4 Å². The van der Waals surface area contributed by atoms with Gasteiger partial charge in [0.1, 0.15) is 5.75 Å². The van der Waals surface area contributed by atoms with Crippen molar-refractivity contribution in [1.29, 1.82) is 0 Å². The maximum absolute atomic E-state index is 9.60. The Morgan fingerprint density at radius 2 is 2.38 bits per heavy atom. The number of aromatic hydroxyl groups is 1. The molecule has 1 aliphatic carbocycles. The van der Waals surface area contributed by atoms with Gasteiger partial charge in [0.2, 0.25) is 0 Å². The summed E-state index contributed by atoms with van der Waals surface area (Å²) in [4.78, 5) is 0. The molecule has 1 aromatic carbocycles. The molecule has 0 fully saturated rings. The van der Waals surface area contributed by atoms with Gasteiger partial charge in [-0.3, -0.25) is 0 Å². The van der Waals surface area contributed by atoms with Crippen molar-refractivity contribution < 1.29 is 5.11 Å². The van der Waals surface area contributed by atoms with Crippen LogP contribution in [-0.4, -0.2) is 18.7 Å². The summed E-state index contributed by atoms with van der Waals surface area (Å²) in [6.07, 6.45) is 2.18. The summed E-state index contributed by atoms with van der Waals surface area (Å²) in [6, 6.07) is 5.84. The molecule has 0 aliphatic heterocycles. The number of phenolic OH excluding ortho intramolecular Hbond substituents is 1. The molecule has 70 valence electrons. The molecule has 2 nitrogen and oxygen atoms in total. The number of benzene rings is 1. The van der Waals surface area contributed by atoms with E-state index >= 15 is 0 Å². The minimum absolute atomic E-state index is 0.469. The second-order valence-corrected chi connectivity index (χ2v) is 3.64. The first-order valence-corrected chi connectivity index (χ1v) is 4.78. The lowest BCUT2D eigenvalue weighted by Crippen LogP contribution is -2.14. The molecule has 2 N–H and O–H groups in total. The molecular formula is C11H15NO. The highest BCUT2D eigenvalue weighted by molar-refractivity contribution is 5.44. The number of rotatable bonds is 2. The molecule has 1 aliphatic rings. The Bertz CT molecular complexity index is 309. The lowest BCUT2D eigenvalue weighted by Gasteiger charge is -2.10. The third-order valence-electron chi connectivity index (χ3n) is 2.82. The summed E-state index contributed by atoms with van der Waals surface area (Å²) in [5.41, 5.74) is 2.48. The summed E-state index contributed by atoms with van der Waals surface area (Å²) < 4.78 is 0. The molecule has 13 heavy (non-hydrogen) atoms. The van der Waals surface area contributed by atoms with Crippen LogP contribution < -0.4 is 5.32 Å². The largest absolute Gasteiger partial charge is 0.508 e. The number of nitrogens with one attached hydrogen (secondary N) is 1. The van der Waals surface area contributed by atoms with Crippen LogP contribution in [0.1, 0.15) is 23.5 Å². The van der Waals surface area contributed by atoms with Gasteiger partial charge < -0.3 is 10.4 Å². The van der Waals surface area contributed by atoms with Gasteiger partial charge in [-0.2, -0.15) is 0 Å². The van der Waals surface area contributed by atoms with Gasteiger partial charge in [-0.25, -0.2) is 0 Å². The van der Waals surface area contributed by atoms with Crippen LogP contribution in [0.3, 0.4) is 0 Å². The molecule has 1 atom stereocenters. The van der Waals surface area contributed by atoms with Crippen LogP contribution in [0.15, 0.2) is 18.2 Å². The fourth-order valence-electron chi connectivity index (χ4n) is 2.18. The van der Waals surface area contributed by atoms with Crippen LogP contribution in [0.4, 0.5) is 0 Å². The zero-order valence-corrected chi connectivity index (χ0v) is 7.88. The number of phenols is 1. The third kappa shape index (κ3) is 1.42. The van der Waals surface area contributed by atoms with Crippen molar-refractivity contribution in [2.45, 2.75) is 18.8 Å². The Hall–Kier alpha value is -1.02. The molecule has 1 unspecified atom stereocenters. The number of hydrogen-bond acceptors (Lipinski definition) is 2. The predicted octanol–water partition coefficient (Wildman–Crippen LogP) is 1.64. The van der Waals surface area contributed by atoms with E-state index in [-0.39, 0.29) is 0 Å². The minimum Gasteiger partial charge on any atom is -0.508 e. The lowest BCUT2D eigenvalue weighted by atomic mass is 10.0. The van der Waals surface area contributed by atoms with E-state index in [1.54, 1.807) is 6.07 Å². The van der Waals surface area contributed by atoms with Crippen molar-refractivity contribution in [3.05, 3.63) is 29.3 Å². The topological polar surface area (TPSA) is 32.3 Å². The molecule has 2 rings (SSSR count). The Morgan fingerprint density at radius 1 is 1.54 bits per heavy atom. The van der Waals surface area contributed by atoms with Crippen LogP contribution in [0, 0.1) is 0 Å². The molecule has 0 aromatic heterocycles. The van der Waals surface area contributed by atoms with E-state index in [0.717, 1.165) is 24.9 Å². The lowest BCUT2D eigenvalue weighted by molar-refractivity contribution is 0.469. The van der Waals surface area contributed by atoms with E-state index in [0.29, 0.717) is 11.7 Å². The zero-order valence-electron chi connectivity index (χ0n) is 7.88. The van der Waals surface area contributed by atoms with Crippen molar-refractivity contribution in [3.63, 3.8) is 0 Å². The Balaban J connectivity index is 2.32. The quantitative estimate of drug-likeness (QED) is 0.719. The van der Waals surface area contributed by atoms with Crippen molar-refractivity contribution in [2.24, 2.45) is 0 Å². The summed E-state index contributed by atoms with van der Waals surface area (Å²) in [5.74, 6) is 1.06. The van der Waals surface area contributed by atoms with E-state index in [9.17, 15) is 5.11 Å². The van der Waals surface area contributed by atoms with Gasteiger partial charge in [-0.15, -0.1) is 0 Å². The molecule has 0 heterocycles. The highest BCUT2D eigenvalue weighted by atomic mass is 16.3. The highest BCUT2D eigenvalue weighted by Gasteiger charge is 2.23. The van der Waals surface area contributed by atoms with Crippen LogP contribution in [0.2, 0.25) is 0 Å². The minimum atomic E-state index is 0.469. The fourth-order valence-corrected chi connectivity index (χ4v) is 2.18. The average Bonchev–Trinajstić information content (AvgIpc) is 2.51. The van der Waals surface area contributed by atoms with Gasteiger partial charge in [-0.1, -0.05) is 12.1 Å². The smallest absolute Gasteiger partial charge is 0.119 e. The van der Waals surface area contributed by atoms with E-state index < -0.39 is 0 Å². The zero-order chi connectivity index (χ0) is 9.26. The molecule has 0 spiro atoms. The first kappa shape index (κ1) is 8.57. The highest BCUT2D eigenvalue weighted by Crippen LogP contribution is 2.37. The van der Waals surface area contributed by atoms with Crippen LogP contribution in [0.5, 0.6) is 5.75 Å². The molecule has 0 amide bonds. The van der Waals surface area contributed by atoms with Gasteiger partial charge in [0, 0.05) is 6.54 Å². The van der Waals surface area contributed by atoms with Crippen LogP contribution in [0.25, 0.3) is 0 Å². The summed E-state index contributed by atoms with van der Waals surface area (Å²) in [7, 11) is 1.97. The molecule has 1 aromatic rings. The van der Waals surface area contributed by atoms with Crippen molar-refractivity contribution in [2.75, 3.05) is 13.6 Å². The number of hydrogen-bond donors (Lipinski definition) is 2. The number of fused-ring (bicyclic) bond motifs is 1. The first-order valence-electron chi connectivity index (χ1n) is 4.78. The standard InChI is InChI=1S/C11H15NO/c1-12-7-8-5-6-10-9(8)3-2-4-11(10)13/h2-4,8,12-13H,5-7H2,1H3. The second kappa shape index (κ2) is 3.38. The first-order chi connectivity index (χ1) is 6.33. The monoisotopic (exact) mass is 177 g/mol. The van der Waals surface area contributed by atoms with Gasteiger partial charge >= 0.3 is 0 Å². The van der Waals surface area contributed by atoms with Gasteiger partial charge in [0.25, 0.3) is 0 Å².